The van der Waals surface area contributed by atoms with Crippen LogP contribution in [0.2, 0.25) is 10.0 Å². The monoisotopic (exact) mass is 281 g/mol. The highest BCUT2D eigenvalue weighted by Crippen LogP contribution is 2.43. The van der Waals surface area contributed by atoms with Gasteiger partial charge >= 0.3 is 0 Å². The summed E-state index contributed by atoms with van der Waals surface area (Å²) in [6.07, 6.45) is 6.49. The summed E-state index contributed by atoms with van der Waals surface area (Å²) in [5, 5.41) is 3.88. The smallest absolute Gasteiger partial charge is 0.228 e. The zero-order valence-corrected chi connectivity index (χ0v) is 11.2. The van der Waals surface area contributed by atoms with E-state index in [1.165, 1.54) is 0 Å². The molecule has 3 unspecified atom stereocenters. The largest absolute Gasteiger partial charge is 0.326 e. The van der Waals surface area contributed by atoms with Gasteiger partial charge in [0.1, 0.15) is 0 Å². The van der Waals surface area contributed by atoms with Crippen molar-refractivity contribution in [1.82, 2.24) is 0 Å². The number of halogens is 2. The number of nitrogens with one attached hydrogen (secondary N) is 1. The van der Waals surface area contributed by atoms with Gasteiger partial charge in [0.05, 0.1) is 10.0 Å². The molecule has 94 valence electrons. The van der Waals surface area contributed by atoms with E-state index in [2.05, 4.69) is 17.5 Å². The number of carbonyl (C=O) groups is 1. The Morgan fingerprint density at radius 1 is 1.17 bits per heavy atom. The van der Waals surface area contributed by atoms with Gasteiger partial charge in [-0.15, -0.1) is 0 Å². The van der Waals surface area contributed by atoms with Crippen LogP contribution in [0.4, 0.5) is 5.69 Å². The molecule has 1 aromatic rings. The van der Waals surface area contributed by atoms with E-state index in [9.17, 15) is 4.79 Å². The van der Waals surface area contributed by atoms with Crippen LogP contribution in [0.1, 0.15) is 12.8 Å². The van der Waals surface area contributed by atoms with E-state index in [1.54, 1.807) is 18.2 Å². The molecular formula is C14H13Cl2NO. The second-order valence-corrected chi connectivity index (χ2v) is 5.82. The second-order valence-electron chi connectivity index (χ2n) is 5.00. The average Bonchev–Trinajstić information content (AvgIpc) is 2.96. The number of fused-ring (bicyclic) bond motifs is 2. The maximum absolute atomic E-state index is 12.2. The van der Waals surface area contributed by atoms with Gasteiger partial charge in [0.2, 0.25) is 5.91 Å². The number of amides is 1. The van der Waals surface area contributed by atoms with Gasteiger partial charge in [0.25, 0.3) is 0 Å². The fourth-order valence-electron chi connectivity index (χ4n) is 2.89. The van der Waals surface area contributed by atoms with Crippen molar-refractivity contribution in [3.8, 4) is 0 Å². The Bertz CT molecular complexity index is 527. The average molecular weight is 282 g/mol. The second kappa shape index (κ2) is 4.60. The van der Waals surface area contributed by atoms with Crippen LogP contribution in [-0.4, -0.2) is 5.91 Å². The zero-order chi connectivity index (χ0) is 12.7. The fourth-order valence-corrected chi connectivity index (χ4v) is 3.19. The number of carbonyl (C=O) groups excluding carboxylic acids is 1. The Hall–Kier alpha value is -0.990. The van der Waals surface area contributed by atoms with Crippen molar-refractivity contribution in [3.63, 3.8) is 0 Å². The molecule has 3 rings (SSSR count). The van der Waals surface area contributed by atoms with Crippen LogP contribution in [0.5, 0.6) is 0 Å². The van der Waals surface area contributed by atoms with Crippen LogP contribution in [0, 0.1) is 17.8 Å². The van der Waals surface area contributed by atoms with E-state index < -0.39 is 0 Å². The quantitative estimate of drug-likeness (QED) is 0.811. The lowest BCUT2D eigenvalue weighted by molar-refractivity contribution is -0.120. The summed E-state index contributed by atoms with van der Waals surface area (Å²) in [5.74, 6) is 1.21. The molecule has 1 fully saturated rings. The number of hydrogen-bond acceptors (Lipinski definition) is 1. The first kappa shape index (κ1) is 12.1. The van der Waals surface area contributed by atoms with Crippen molar-refractivity contribution in [2.45, 2.75) is 12.8 Å². The van der Waals surface area contributed by atoms with Crippen molar-refractivity contribution < 1.29 is 4.79 Å². The van der Waals surface area contributed by atoms with Gasteiger partial charge in [-0.05, 0) is 42.9 Å². The lowest BCUT2D eigenvalue weighted by Gasteiger charge is -2.17. The van der Waals surface area contributed by atoms with Crippen LogP contribution in [0.25, 0.3) is 0 Å². The molecule has 0 aliphatic heterocycles. The molecule has 2 nitrogen and oxygen atoms in total. The number of benzene rings is 1. The van der Waals surface area contributed by atoms with Crippen molar-refractivity contribution >= 4 is 34.8 Å². The van der Waals surface area contributed by atoms with Gasteiger partial charge in [-0.3, -0.25) is 4.79 Å². The van der Waals surface area contributed by atoms with Crippen LogP contribution in [-0.2, 0) is 4.79 Å². The molecule has 1 saturated carbocycles. The topological polar surface area (TPSA) is 29.1 Å². The molecule has 1 amide bonds. The Kier molecular flexibility index (Phi) is 3.08. The summed E-state index contributed by atoms with van der Waals surface area (Å²) in [4.78, 5) is 12.2. The Balaban J connectivity index is 1.71. The first-order valence-electron chi connectivity index (χ1n) is 6.08. The molecule has 2 aliphatic rings. The third-order valence-corrected chi connectivity index (χ3v) is 4.54. The van der Waals surface area contributed by atoms with Gasteiger partial charge in [-0.25, -0.2) is 0 Å². The Morgan fingerprint density at radius 2 is 2.00 bits per heavy atom. The summed E-state index contributed by atoms with van der Waals surface area (Å²) < 4.78 is 0. The molecule has 0 radical (unpaired) electrons. The maximum Gasteiger partial charge on any atom is 0.228 e. The van der Waals surface area contributed by atoms with E-state index in [-0.39, 0.29) is 11.8 Å². The summed E-state index contributed by atoms with van der Waals surface area (Å²) in [7, 11) is 0. The number of hydrogen-bond donors (Lipinski definition) is 1. The van der Waals surface area contributed by atoms with Gasteiger partial charge < -0.3 is 5.32 Å². The third kappa shape index (κ3) is 2.15. The summed E-state index contributed by atoms with van der Waals surface area (Å²) >= 11 is 11.8. The summed E-state index contributed by atoms with van der Waals surface area (Å²) in [5.41, 5.74) is 0.709. The van der Waals surface area contributed by atoms with E-state index in [0.29, 0.717) is 27.6 Å². The van der Waals surface area contributed by atoms with E-state index >= 15 is 0 Å². The lowest BCUT2D eigenvalue weighted by Crippen LogP contribution is -2.25. The first-order valence-corrected chi connectivity index (χ1v) is 6.83. The SMILES string of the molecule is O=C(Nc1ccc(Cl)c(Cl)c1)C1CC2C=CC1C2. The van der Waals surface area contributed by atoms with Gasteiger partial charge in [0.15, 0.2) is 0 Å². The third-order valence-electron chi connectivity index (χ3n) is 3.80. The highest BCUT2D eigenvalue weighted by molar-refractivity contribution is 6.42. The van der Waals surface area contributed by atoms with Crippen molar-refractivity contribution in [2.24, 2.45) is 17.8 Å². The molecule has 0 heterocycles. The molecule has 2 aliphatic carbocycles. The molecule has 1 aromatic carbocycles. The highest BCUT2D eigenvalue weighted by atomic mass is 35.5. The van der Waals surface area contributed by atoms with Gasteiger partial charge in [-0.1, -0.05) is 35.4 Å². The number of anilines is 1. The molecule has 18 heavy (non-hydrogen) atoms. The van der Waals surface area contributed by atoms with Crippen molar-refractivity contribution in [3.05, 3.63) is 40.4 Å². The zero-order valence-electron chi connectivity index (χ0n) is 9.70. The molecule has 2 bridgehead atoms. The van der Waals surface area contributed by atoms with Crippen molar-refractivity contribution in [2.75, 3.05) is 5.32 Å². The predicted octanol–water partition coefficient (Wildman–Crippen LogP) is 4.14. The molecule has 1 N–H and O–H groups in total. The van der Waals surface area contributed by atoms with Crippen LogP contribution in [0.3, 0.4) is 0 Å². The van der Waals surface area contributed by atoms with Gasteiger partial charge in [0, 0.05) is 11.6 Å². The van der Waals surface area contributed by atoms with Gasteiger partial charge in [-0.2, -0.15) is 0 Å². The van der Waals surface area contributed by atoms with Crippen LogP contribution >= 0.6 is 23.2 Å². The highest BCUT2D eigenvalue weighted by Gasteiger charge is 2.39. The summed E-state index contributed by atoms with van der Waals surface area (Å²) in [6.45, 7) is 0. The van der Waals surface area contributed by atoms with E-state index in [0.717, 1.165) is 12.8 Å². The Morgan fingerprint density at radius 3 is 2.61 bits per heavy atom. The molecule has 0 aromatic heterocycles. The fraction of sp³-hybridized carbons (Fsp3) is 0.357. The van der Waals surface area contributed by atoms with Crippen LogP contribution < -0.4 is 5.32 Å². The minimum absolute atomic E-state index is 0.0882. The van der Waals surface area contributed by atoms with E-state index in [1.807, 2.05) is 0 Å². The minimum atomic E-state index is 0.0882. The number of rotatable bonds is 2. The molecule has 4 heteroatoms. The molecule has 3 atom stereocenters. The Labute approximate surface area is 116 Å². The standard InChI is InChI=1S/C14H13Cl2NO/c15-12-4-3-10(7-13(12)16)17-14(18)11-6-8-1-2-9(11)5-8/h1-4,7-9,11H,5-6H2,(H,17,18). The number of allylic oxidation sites excluding steroid dienone is 2. The normalized spacial score (nSPS) is 28.7. The van der Waals surface area contributed by atoms with E-state index in [4.69, 9.17) is 23.2 Å². The summed E-state index contributed by atoms with van der Waals surface area (Å²) in [6, 6.07) is 5.15. The predicted molar refractivity (Wildman–Crippen MR) is 73.9 cm³/mol. The minimum Gasteiger partial charge on any atom is -0.326 e. The molecule has 0 spiro atoms. The van der Waals surface area contributed by atoms with Crippen molar-refractivity contribution in [1.29, 1.82) is 0 Å². The maximum atomic E-state index is 12.2. The van der Waals surface area contributed by atoms with Crippen LogP contribution in [0.15, 0.2) is 30.4 Å². The lowest BCUT2D eigenvalue weighted by atomic mass is 9.93. The molecular weight excluding hydrogens is 269 g/mol. The first-order chi connectivity index (χ1) is 8.63. The molecule has 0 saturated heterocycles.